The summed E-state index contributed by atoms with van der Waals surface area (Å²) in [7, 11) is 0. The molecule has 0 aliphatic rings. The summed E-state index contributed by atoms with van der Waals surface area (Å²) in [6, 6.07) is 13.2. The lowest BCUT2D eigenvalue weighted by Crippen LogP contribution is -1.99. The Bertz CT molecular complexity index is 754. The van der Waals surface area contributed by atoms with Crippen LogP contribution in [0.1, 0.15) is 9.67 Å². The molecule has 0 aliphatic carbocycles. The molecule has 21 heavy (non-hydrogen) atoms. The minimum absolute atomic E-state index is 0.0305. The van der Waals surface area contributed by atoms with E-state index in [1.54, 1.807) is 12.1 Å². The predicted octanol–water partition coefficient (Wildman–Crippen LogP) is 4.16. The summed E-state index contributed by atoms with van der Waals surface area (Å²) in [6.45, 7) is 0. The lowest BCUT2D eigenvalue weighted by Gasteiger charge is -1.94. The van der Waals surface area contributed by atoms with E-state index in [4.69, 9.17) is 11.6 Å². The number of hydrogen-bond donors (Lipinski definition) is 1. The number of carbonyl (C=O) groups excluding carboxylic acids is 1. The Morgan fingerprint density at radius 3 is 2.76 bits per heavy atom. The minimum Gasteiger partial charge on any atom is -0.292 e. The van der Waals surface area contributed by atoms with E-state index < -0.39 is 0 Å². The summed E-state index contributed by atoms with van der Waals surface area (Å²) in [5.74, 6) is 1.02. The molecule has 0 bridgehead atoms. The summed E-state index contributed by atoms with van der Waals surface area (Å²) >= 11 is 8.42. The van der Waals surface area contributed by atoms with Gasteiger partial charge in [0.2, 0.25) is 5.16 Å². The average molecular weight is 336 g/mol. The van der Waals surface area contributed by atoms with Gasteiger partial charge in [-0.25, -0.2) is 4.98 Å². The number of halogens is 1. The van der Waals surface area contributed by atoms with Gasteiger partial charge in [-0.1, -0.05) is 53.7 Å². The van der Waals surface area contributed by atoms with Crippen LogP contribution in [0.25, 0.3) is 11.4 Å². The summed E-state index contributed by atoms with van der Waals surface area (Å²) in [5, 5.41) is 7.55. The summed E-state index contributed by atoms with van der Waals surface area (Å²) in [6.07, 6.45) is 0. The molecule has 0 amide bonds. The van der Waals surface area contributed by atoms with Crippen LogP contribution in [0, 0.1) is 0 Å². The molecule has 2 aromatic heterocycles. The molecule has 106 valence electrons. The number of nitrogens with zero attached hydrogens (tertiary/aromatic N) is 2. The number of aromatic nitrogens is 3. The zero-order chi connectivity index (χ0) is 14.7. The van der Waals surface area contributed by atoms with Gasteiger partial charge < -0.3 is 0 Å². The van der Waals surface area contributed by atoms with E-state index >= 15 is 0 Å². The highest BCUT2D eigenvalue weighted by Gasteiger charge is 2.12. The highest BCUT2D eigenvalue weighted by Crippen LogP contribution is 2.24. The van der Waals surface area contributed by atoms with Gasteiger partial charge >= 0.3 is 0 Å². The first-order valence-electron chi connectivity index (χ1n) is 6.11. The van der Waals surface area contributed by atoms with Crippen LogP contribution in [-0.4, -0.2) is 26.7 Å². The van der Waals surface area contributed by atoms with E-state index in [9.17, 15) is 4.79 Å². The molecule has 0 fully saturated rings. The van der Waals surface area contributed by atoms with Crippen molar-refractivity contribution >= 4 is 40.5 Å². The molecule has 7 heteroatoms. The Morgan fingerprint density at radius 2 is 2.05 bits per heavy atom. The maximum atomic E-state index is 12.0. The number of aromatic amines is 1. The van der Waals surface area contributed by atoms with Gasteiger partial charge in [-0.3, -0.25) is 9.89 Å². The fraction of sp³-hybridized carbons (Fsp3) is 0.0714. The van der Waals surface area contributed by atoms with Gasteiger partial charge in [-0.05, 0) is 12.1 Å². The number of thiophene rings is 1. The van der Waals surface area contributed by atoms with Crippen molar-refractivity contribution in [3.63, 3.8) is 0 Å². The SMILES string of the molecule is O=C(CSc1n[nH]c(-c2ccccc2)n1)c1ccc(Cl)s1. The van der Waals surface area contributed by atoms with Gasteiger partial charge in [0.15, 0.2) is 11.6 Å². The molecule has 0 unspecified atom stereocenters. The first-order valence-corrected chi connectivity index (χ1v) is 8.29. The smallest absolute Gasteiger partial charge is 0.209 e. The van der Waals surface area contributed by atoms with Gasteiger partial charge in [-0.15, -0.1) is 16.4 Å². The lowest BCUT2D eigenvalue weighted by molar-refractivity contribution is 0.102. The van der Waals surface area contributed by atoms with Crippen molar-refractivity contribution < 1.29 is 4.79 Å². The van der Waals surface area contributed by atoms with Crippen LogP contribution >= 0.6 is 34.7 Å². The molecule has 1 aromatic carbocycles. The van der Waals surface area contributed by atoms with E-state index in [1.165, 1.54) is 23.1 Å². The molecule has 0 spiro atoms. The van der Waals surface area contributed by atoms with Gasteiger partial charge in [0.25, 0.3) is 0 Å². The quantitative estimate of drug-likeness (QED) is 0.561. The van der Waals surface area contributed by atoms with Gasteiger partial charge in [-0.2, -0.15) is 0 Å². The fourth-order valence-corrected chi connectivity index (χ4v) is 3.46. The van der Waals surface area contributed by atoms with E-state index in [1.807, 2.05) is 30.3 Å². The molecule has 0 saturated heterocycles. The predicted molar refractivity (Wildman–Crippen MR) is 86.2 cm³/mol. The van der Waals surface area contributed by atoms with Crippen molar-refractivity contribution in [2.75, 3.05) is 5.75 Å². The molecule has 0 saturated carbocycles. The Hall–Kier alpha value is -1.63. The number of hydrogen-bond acceptors (Lipinski definition) is 5. The number of carbonyl (C=O) groups is 1. The third-order valence-electron chi connectivity index (χ3n) is 2.69. The van der Waals surface area contributed by atoms with Crippen molar-refractivity contribution in [3.05, 3.63) is 51.7 Å². The number of ketones is 1. The molecule has 2 heterocycles. The van der Waals surface area contributed by atoms with Crippen LogP contribution in [0.4, 0.5) is 0 Å². The maximum Gasteiger partial charge on any atom is 0.209 e. The van der Waals surface area contributed by atoms with Crippen LogP contribution in [0.5, 0.6) is 0 Å². The highest BCUT2D eigenvalue weighted by atomic mass is 35.5. The van der Waals surface area contributed by atoms with Crippen molar-refractivity contribution in [2.45, 2.75) is 5.16 Å². The number of benzene rings is 1. The Morgan fingerprint density at radius 1 is 1.24 bits per heavy atom. The molecule has 0 atom stereocenters. The average Bonchev–Trinajstić information content (AvgIpc) is 3.15. The maximum absolute atomic E-state index is 12.0. The van der Waals surface area contributed by atoms with Crippen LogP contribution in [0.3, 0.4) is 0 Å². The molecular formula is C14H10ClN3OS2. The molecule has 3 aromatic rings. The Balaban J connectivity index is 1.64. The standard InChI is InChI=1S/C14H10ClN3OS2/c15-12-7-6-11(21-12)10(19)8-20-14-16-13(17-18-14)9-4-2-1-3-5-9/h1-7H,8H2,(H,16,17,18). The third kappa shape index (κ3) is 3.53. The van der Waals surface area contributed by atoms with Crippen LogP contribution in [0.15, 0.2) is 47.6 Å². The zero-order valence-electron chi connectivity index (χ0n) is 10.7. The highest BCUT2D eigenvalue weighted by molar-refractivity contribution is 7.99. The number of thioether (sulfide) groups is 1. The second kappa shape index (κ2) is 6.43. The number of nitrogens with one attached hydrogen (secondary N) is 1. The minimum atomic E-state index is 0.0305. The van der Waals surface area contributed by atoms with E-state index in [0.717, 1.165) is 5.56 Å². The van der Waals surface area contributed by atoms with E-state index in [2.05, 4.69) is 15.2 Å². The zero-order valence-corrected chi connectivity index (χ0v) is 13.1. The summed E-state index contributed by atoms with van der Waals surface area (Å²) in [4.78, 5) is 17.0. The van der Waals surface area contributed by atoms with Gasteiger partial charge in [0.1, 0.15) is 0 Å². The first kappa shape index (κ1) is 14.3. The third-order valence-corrected chi connectivity index (χ3v) is 4.81. The fourth-order valence-electron chi connectivity index (χ4n) is 1.70. The lowest BCUT2D eigenvalue weighted by atomic mass is 10.2. The molecule has 0 aliphatic heterocycles. The van der Waals surface area contributed by atoms with Crippen LogP contribution in [0.2, 0.25) is 4.34 Å². The number of rotatable bonds is 5. The normalized spacial score (nSPS) is 10.7. The number of H-pyrrole nitrogens is 1. The van der Waals surface area contributed by atoms with Crippen LogP contribution in [-0.2, 0) is 0 Å². The molecule has 0 radical (unpaired) electrons. The topological polar surface area (TPSA) is 58.6 Å². The van der Waals surface area contributed by atoms with E-state index in [0.29, 0.717) is 25.9 Å². The monoisotopic (exact) mass is 335 g/mol. The largest absolute Gasteiger partial charge is 0.292 e. The molecular weight excluding hydrogens is 326 g/mol. The second-order valence-electron chi connectivity index (χ2n) is 4.15. The second-order valence-corrected chi connectivity index (χ2v) is 6.81. The van der Waals surface area contributed by atoms with Crippen molar-refractivity contribution in [1.82, 2.24) is 15.2 Å². The number of Topliss-reactive ketones (excluding diaryl/α,β-unsaturated/α-hetero) is 1. The van der Waals surface area contributed by atoms with Crippen LogP contribution < -0.4 is 0 Å². The molecule has 1 N–H and O–H groups in total. The van der Waals surface area contributed by atoms with Crippen molar-refractivity contribution in [3.8, 4) is 11.4 Å². The molecule has 3 rings (SSSR count). The van der Waals surface area contributed by atoms with Gasteiger partial charge in [0, 0.05) is 5.56 Å². The van der Waals surface area contributed by atoms with Crippen molar-refractivity contribution in [1.29, 1.82) is 0 Å². The first-order chi connectivity index (χ1) is 10.2. The summed E-state index contributed by atoms with van der Waals surface area (Å²) < 4.78 is 0.618. The summed E-state index contributed by atoms with van der Waals surface area (Å²) in [5.41, 5.74) is 0.966. The Kier molecular flexibility index (Phi) is 4.38. The van der Waals surface area contributed by atoms with E-state index in [-0.39, 0.29) is 5.78 Å². The van der Waals surface area contributed by atoms with Gasteiger partial charge in [0.05, 0.1) is 15.0 Å². The van der Waals surface area contributed by atoms with Crippen molar-refractivity contribution in [2.24, 2.45) is 0 Å². The Labute approximate surface area is 134 Å². The molecule has 4 nitrogen and oxygen atoms in total.